The van der Waals surface area contributed by atoms with Crippen LogP contribution >= 0.6 is 0 Å². The van der Waals surface area contributed by atoms with E-state index >= 15 is 0 Å². The van der Waals surface area contributed by atoms with E-state index in [9.17, 15) is 10.1 Å². The van der Waals surface area contributed by atoms with Crippen LogP contribution in [0.25, 0.3) is 0 Å². The number of morpholine rings is 1. The second-order valence-electron chi connectivity index (χ2n) is 4.90. The molecule has 0 amide bonds. The molecule has 1 fully saturated rings. The van der Waals surface area contributed by atoms with Crippen LogP contribution in [0.4, 0.5) is 11.4 Å². The first-order valence-electron chi connectivity index (χ1n) is 6.52. The first kappa shape index (κ1) is 14.7. The third-order valence-corrected chi connectivity index (χ3v) is 3.30. The Morgan fingerprint density at radius 1 is 1.60 bits per heavy atom. The maximum absolute atomic E-state index is 11.0. The largest absolute Gasteiger partial charge is 0.392 e. The number of anilines is 1. The minimum absolute atomic E-state index is 0.0193. The van der Waals surface area contributed by atoms with Crippen molar-refractivity contribution in [3.8, 4) is 0 Å². The lowest BCUT2D eigenvalue weighted by Crippen LogP contribution is -2.43. The van der Waals surface area contributed by atoms with Gasteiger partial charge in [-0.1, -0.05) is 6.07 Å². The van der Waals surface area contributed by atoms with Gasteiger partial charge in [-0.15, -0.1) is 0 Å². The molecule has 20 heavy (non-hydrogen) atoms. The molecule has 1 aromatic rings. The second kappa shape index (κ2) is 6.65. The van der Waals surface area contributed by atoms with Gasteiger partial charge in [-0.25, -0.2) is 0 Å². The van der Waals surface area contributed by atoms with Crippen LogP contribution in [-0.2, 0) is 11.3 Å². The predicted molar refractivity (Wildman–Crippen MR) is 74.7 cm³/mol. The highest BCUT2D eigenvalue weighted by molar-refractivity contribution is 5.62. The molecule has 0 bridgehead atoms. The number of nitrogens with zero attached hydrogens (tertiary/aromatic N) is 2. The summed E-state index contributed by atoms with van der Waals surface area (Å²) in [4.78, 5) is 12.8. The van der Waals surface area contributed by atoms with Crippen molar-refractivity contribution in [3.05, 3.63) is 33.9 Å². The number of likely N-dealkylation sites (N-methyl/N-ethyl adjacent to an activating group) is 1. The van der Waals surface area contributed by atoms with Gasteiger partial charge in [0.25, 0.3) is 5.69 Å². The summed E-state index contributed by atoms with van der Waals surface area (Å²) in [5, 5.41) is 23.1. The Morgan fingerprint density at radius 2 is 2.40 bits per heavy atom. The Labute approximate surface area is 117 Å². The van der Waals surface area contributed by atoms with E-state index in [1.54, 1.807) is 12.1 Å². The molecule has 1 atom stereocenters. The van der Waals surface area contributed by atoms with Gasteiger partial charge in [-0.3, -0.25) is 10.1 Å². The van der Waals surface area contributed by atoms with Crippen molar-refractivity contribution in [2.75, 3.05) is 38.6 Å². The number of aliphatic hydroxyl groups excluding tert-OH is 1. The van der Waals surface area contributed by atoms with Crippen LogP contribution in [0.2, 0.25) is 0 Å². The van der Waals surface area contributed by atoms with E-state index in [-0.39, 0.29) is 18.4 Å². The average Bonchev–Trinajstić information content (AvgIpc) is 2.45. The molecule has 7 nitrogen and oxygen atoms in total. The lowest BCUT2D eigenvalue weighted by Gasteiger charge is -2.30. The zero-order valence-electron chi connectivity index (χ0n) is 11.4. The number of rotatable bonds is 5. The predicted octanol–water partition coefficient (Wildman–Crippen LogP) is 0.830. The second-order valence-corrected chi connectivity index (χ2v) is 4.90. The first-order chi connectivity index (χ1) is 9.60. The van der Waals surface area contributed by atoms with E-state index < -0.39 is 4.92 Å². The Hall–Kier alpha value is -1.70. The van der Waals surface area contributed by atoms with Crippen LogP contribution in [0.5, 0.6) is 0 Å². The molecule has 7 heteroatoms. The number of nitro benzene ring substituents is 1. The summed E-state index contributed by atoms with van der Waals surface area (Å²) in [5.41, 5.74) is 0.945. The number of ether oxygens (including phenoxy) is 1. The number of nitro groups is 1. The quantitative estimate of drug-likeness (QED) is 0.614. The molecule has 1 aromatic carbocycles. The van der Waals surface area contributed by atoms with E-state index in [1.165, 1.54) is 6.07 Å². The first-order valence-corrected chi connectivity index (χ1v) is 6.52. The van der Waals surface area contributed by atoms with Gasteiger partial charge >= 0.3 is 0 Å². The summed E-state index contributed by atoms with van der Waals surface area (Å²) in [5.74, 6) is 0. The van der Waals surface area contributed by atoms with Gasteiger partial charge in [0, 0.05) is 25.7 Å². The third kappa shape index (κ3) is 3.66. The van der Waals surface area contributed by atoms with Crippen molar-refractivity contribution < 1.29 is 14.8 Å². The number of hydrogen-bond acceptors (Lipinski definition) is 6. The van der Waals surface area contributed by atoms with Gasteiger partial charge in [-0.2, -0.15) is 0 Å². The highest BCUT2D eigenvalue weighted by atomic mass is 16.6. The average molecular weight is 281 g/mol. The molecule has 1 aliphatic rings. The third-order valence-electron chi connectivity index (χ3n) is 3.30. The lowest BCUT2D eigenvalue weighted by atomic mass is 10.1. The fraction of sp³-hybridized carbons (Fsp3) is 0.538. The van der Waals surface area contributed by atoms with Crippen LogP contribution in [0.15, 0.2) is 18.2 Å². The van der Waals surface area contributed by atoms with Gasteiger partial charge in [0.15, 0.2) is 0 Å². The van der Waals surface area contributed by atoms with Crippen LogP contribution in [-0.4, -0.2) is 54.3 Å². The lowest BCUT2D eigenvalue weighted by molar-refractivity contribution is -0.384. The molecule has 0 saturated carbocycles. The summed E-state index contributed by atoms with van der Waals surface area (Å²) >= 11 is 0. The molecule has 0 spiro atoms. The normalized spacial score (nSPS) is 19.8. The van der Waals surface area contributed by atoms with Gasteiger partial charge in [-0.05, 0) is 18.7 Å². The maximum Gasteiger partial charge on any atom is 0.292 e. The fourth-order valence-corrected chi connectivity index (χ4v) is 2.19. The van der Waals surface area contributed by atoms with Crippen molar-refractivity contribution in [3.63, 3.8) is 0 Å². The summed E-state index contributed by atoms with van der Waals surface area (Å²) in [6, 6.07) is 4.68. The standard InChI is InChI=1S/C13H19N3O4/c1-15-4-5-20-11(8-15)7-14-12-3-2-10(9-17)6-13(12)16(18)19/h2-3,6,11,14,17H,4-5,7-9H2,1H3. The number of nitrogens with one attached hydrogen (secondary N) is 1. The monoisotopic (exact) mass is 281 g/mol. The van der Waals surface area contributed by atoms with Crippen molar-refractivity contribution in [2.24, 2.45) is 0 Å². The molecule has 1 saturated heterocycles. The minimum atomic E-state index is -0.449. The van der Waals surface area contributed by atoms with E-state index in [0.717, 1.165) is 13.1 Å². The topological polar surface area (TPSA) is 87.9 Å². The Balaban J connectivity index is 2.03. The number of aliphatic hydroxyl groups is 1. The van der Waals surface area contributed by atoms with Gasteiger partial charge < -0.3 is 20.1 Å². The Bertz CT molecular complexity index is 481. The summed E-state index contributed by atoms with van der Waals surface area (Å²) < 4.78 is 5.60. The summed E-state index contributed by atoms with van der Waals surface area (Å²) in [6.45, 7) is 2.69. The number of hydrogen-bond donors (Lipinski definition) is 2. The molecule has 110 valence electrons. The van der Waals surface area contributed by atoms with Gasteiger partial charge in [0.2, 0.25) is 0 Å². The van der Waals surface area contributed by atoms with Gasteiger partial charge in [0.05, 0.1) is 24.2 Å². The smallest absolute Gasteiger partial charge is 0.292 e. The molecule has 1 heterocycles. The Morgan fingerprint density at radius 3 is 3.05 bits per heavy atom. The van der Waals surface area contributed by atoms with Crippen molar-refractivity contribution in [2.45, 2.75) is 12.7 Å². The van der Waals surface area contributed by atoms with Crippen LogP contribution < -0.4 is 5.32 Å². The Kier molecular flexibility index (Phi) is 4.89. The SMILES string of the molecule is CN1CCOC(CNc2ccc(CO)cc2[N+](=O)[O-])C1. The van der Waals surface area contributed by atoms with E-state index in [4.69, 9.17) is 9.84 Å². The molecule has 2 N–H and O–H groups in total. The van der Waals surface area contributed by atoms with Crippen LogP contribution in [0, 0.1) is 10.1 Å². The van der Waals surface area contributed by atoms with E-state index in [1.807, 2.05) is 7.05 Å². The molecular formula is C13H19N3O4. The zero-order valence-corrected chi connectivity index (χ0v) is 11.4. The molecule has 0 radical (unpaired) electrons. The molecule has 0 aromatic heterocycles. The highest BCUT2D eigenvalue weighted by Crippen LogP contribution is 2.25. The van der Waals surface area contributed by atoms with E-state index in [2.05, 4.69) is 10.2 Å². The van der Waals surface area contributed by atoms with E-state index in [0.29, 0.717) is 24.4 Å². The number of benzene rings is 1. The van der Waals surface area contributed by atoms with Crippen molar-refractivity contribution in [1.29, 1.82) is 0 Å². The molecule has 1 unspecified atom stereocenters. The molecule has 2 rings (SSSR count). The van der Waals surface area contributed by atoms with Crippen LogP contribution in [0.1, 0.15) is 5.56 Å². The zero-order chi connectivity index (χ0) is 14.5. The molecular weight excluding hydrogens is 262 g/mol. The minimum Gasteiger partial charge on any atom is -0.392 e. The fourth-order valence-electron chi connectivity index (χ4n) is 2.19. The maximum atomic E-state index is 11.0. The highest BCUT2D eigenvalue weighted by Gasteiger charge is 2.19. The molecule has 1 aliphatic heterocycles. The van der Waals surface area contributed by atoms with Crippen LogP contribution in [0.3, 0.4) is 0 Å². The summed E-state index contributed by atoms with van der Waals surface area (Å²) in [6.07, 6.45) is 0.0193. The van der Waals surface area contributed by atoms with Crippen molar-refractivity contribution in [1.82, 2.24) is 4.90 Å². The molecule has 0 aliphatic carbocycles. The van der Waals surface area contributed by atoms with Crippen molar-refractivity contribution >= 4 is 11.4 Å². The van der Waals surface area contributed by atoms with Gasteiger partial charge in [0.1, 0.15) is 5.69 Å². The summed E-state index contributed by atoms with van der Waals surface area (Å²) in [7, 11) is 2.02.